The zero-order valence-corrected chi connectivity index (χ0v) is 15.9. The van der Waals surface area contributed by atoms with Gasteiger partial charge in [0.15, 0.2) is 5.96 Å². The molecule has 0 saturated carbocycles. The average Bonchev–Trinajstić information content (AvgIpc) is 3.11. The van der Waals surface area contributed by atoms with Crippen LogP contribution in [0.2, 0.25) is 0 Å². The highest BCUT2D eigenvalue weighted by Gasteiger charge is 2.21. The third-order valence-corrected chi connectivity index (χ3v) is 4.85. The van der Waals surface area contributed by atoms with E-state index in [9.17, 15) is 0 Å². The first-order valence-electron chi connectivity index (χ1n) is 8.89. The summed E-state index contributed by atoms with van der Waals surface area (Å²) in [5, 5.41) is 4.51. The monoisotopic (exact) mass is 354 g/mol. The minimum Gasteiger partial charge on any atom is -0.382 e. The van der Waals surface area contributed by atoms with Gasteiger partial charge in [-0.15, -0.1) is 0 Å². The minimum absolute atomic E-state index is 0.799. The van der Waals surface area contributed by atoms with Gasteiger partial charge >= 0.3 is 0 Å². The lowest BCUT2D eigenvalue weighted by Gasteiger charge is -2.36. The molecule has 1 saturated heterocycles. The van der Waals surface area contributed by atoms with E-state index in [2.05, 4.69) is 36.4 Å². The number of guanidine groups is 1. The lowest BCUT2D eigenvalue weighted by Crippen LogP contribution is -2.52. The number of nitrogens with zero attached hydrogens (tertiary/aromatic N) is 5. The van der Waals surface area contributed by atoms with Crippen LogP contribution >= 0.6 is 11.5 Å². The first-order chi connectivity index (χ1) is 11.8. The van der Waals surface area contributed by atoms with Crippen molar-refractivity contribution in [2.75, 3.05) is 57.9 Å². The van der Waals surface area contributed by atoms with Gasteiger partial charge in [-0.05, 0) is 19.8 Å². The molecule has 1 fully saturated rings. The second kappa shape index (κ2) is 10.5. The summed E-state index contributed by atoms with van der Waals surface area (Å²) in [6, 6.07) is 0. The quantitative estimate of drug-likeness (QED) is 0.435. The van der Waals surface area contributed by atoms with Gasteiger partial charge in [-0.25, -0.2) is 4.98 Å². The molecule has 2 rings (SSSR count). The Kier molecular flexibility index (Phi) is 8.24. The number of hydrogen-bond donors (Lipinski definition) is 1. The van der Waals surface area contributed by atoms with Crippen LogP contribution in [0.4, 0.5) is 5.13 Å². The fourth-order valence-electron chi connectivity index (χ4n) is 2.63. The van der Waals surface area contributed by atoms with Crippen molar-refractivity contribution in [1.82, 2.24) is 19.6 Å². The Morgan fingerprint density at radius 3 is 2.67 bits per heavy atom. The maximum absolute atomic E-state index is 5.36. The second-order valence-corrected chi connectivity index (χ2v) is 6.43. The van der Waals surface area contributed by atoms with Crippen LogP contribution in [-0.2, 0) is 11.2 Å². The topological polar surface area (TPSA) is 65.9 Å². The van der Waals surface area contributed by atoms with E-state index in [0.29, 0.717) is 0 Å². The van der Waals surface area contributed by atoms with Gasteiger partial charge in [0.05, 0.1) is 0 Å². The van der Waals surface area contributed by atoms with Gasteiger partial charge in [0.2, 0.25) is 5.13 Å². The van der Waals surface area contributed by atoms with Gasteiger partial charge in [0.1, 0.15) is 5.82 Å². The maximum atomic E-state index is 5.36. The van der Waals surface area contributed by atoms with Crippen LogP contribution in [0.15, 0.2) is 4.99 Å². The number of anilines is 1. The molecule has 0 aliphatic carbocycles. The summed E-state index contributed by atoms with van der Waals surface area (Å²) >= 11 is 1.51. The smallest absolute Gasteiger partial charge is 0.205 e. The molecule has 0 bridgehead atoms. The standard InChI is InChI=1S/C16H30N6OS/c1-4-14-19-16(24-20-14)22-11-9-21(10-12-22)15(17-3)18-8-6-7-13-23-5-2/h4-13H2,1-3H3,(H,17,18). The highest BCUT2D eigenvalue weighted by Crippen LogP contribution is 2.19. The molecule has 0 aromatic carbocycles. The first-order valence-corrected chi connectivity index (χ1v) is 9.66. The summed E-state index contributed by atoms with van der Waals surface area (Å²) in [5.41, 5.74) is 0. The molecule has 0 unspecified atom stereocenters. The molecule has 1 aliphatic heterocycles. The van der Waals surface area contributed by atoms with E-state index in [1.807, 2.05) is 14.0 Å². The number of piperazine rings is 1. The molecule has 1 aromatic heterocycles. The van der Waals surface area contributed by atoms with Crippen LogP contribution in [0.25, 0.3) is 0 Å². The highest BCUT2D eigenvalue weighted by molar-refractivity contribution is 7.09. The van der Waals surface area contributed by atoms with Gasteiger partial charge in [0, 0.05) is 70.9 Å². The molecule has 0 amide bonds. The zero-order chi connectivity index (χ0) is 17.2. The molecule has 2 heterocycles. The fourth-order valence-corrected chi connectivity index (χ4v) is 3.43. The van der Waals surface area contributed by atoms with Crippen molar-refractivity contribution in [2.45, 2.75) is 33.1 Å². The van der Waals surface area contributed by atoms with Gasteiger partial charge in [0.25, 0.3) is 0 Å². The molecule has 1 aromatic rings. The molecule has 1 N–H and O–H groups in total. The van der Waals surface area contributed by atoms with Crippen LogP contribution in [-0.4, -0.2) is 73.2 Å². The predicted octanol–water partition coefficient (Wildman–Crippen LogP) is 1.61. The Balaban J connectivity index is 1.71. The van der Waals surface area contributed by atoms with Crippen LogP contribution < -0.4 is 10.2 Å². The fraction of sp³-hybridized carbons (Fsp3) is 0.812. The van der Waals surface area contributed by atoms with Crippen LogP contribution in [0.3, 0.4) is 0 Å². The van der Waals surface area contributed by atoms with Gasteiger partial charge in [-0.2, -0.15) is 4.37 Å². The Labute approximate surface area is 149 Å². The summed E-state index contributed by atoms with van der Waals surface area (Å²) in [4.78, 5) is 13.6. The molecular formula is C16H30N6OS. The number of aryl methyl sites for hydroxylation is 1. The lowest BCUT2D eigenvalue weighted by molar-refractivity contribution is 0.143. The van der Waals surface area contributed by atoms with E-state index in [1.165, 1.54) is 11.5 Å². The highest BCUT2D eigenvalue weighted by atomic mass is 32.1. The van der Waals surface area contributed by atoms with Crippen LogP contribution in [0, 0.1) is 0 Å². The summed E-state index contributed by atoms with van der Waals surface area (Å²) in [6.45, 7) is 10.5. The van der Waals surface area contributed by atoms with Crippen molar-refractivity contribution in [2.24, 2.45) is 4.99 Å². The number of aromatic nitrogens is 2. The largest absolute Gasteiger partial charge is 0.382 e. The molecule has 1 aliphatic rings. The van der Waals surface area contributed by atoms with Crippen LogP contribution in [0.5, 0.6) is 0 Å². The molecule has 0 atom stereocenters. The number of rotatable bonds is 8. The van der Waals surface area contributed by atoms with E-state index < -0.39 is 0 Å². The van der Waals surface area contributed by atoms with E-state index in [-0.39, 0.29) is 0 Å². The Morgan fingerprint density at radius 2 is 2.04 bits per heavy atom. The summed E-state index contributed by atoms with van der Waals surface area (Å²) < 4.78 is 9.74. The minimum atomic E-state index is 0.799. The van der Waals surface area contributed by atoms with Crippen molar-refractivity contribution in [1.29, 1.82) is 0 Å². The van der Waals surface area contributed by atoms with Gasteiger partial charge in [-0.1, -0.05) is 6.92 Å². The van der Waals surface area contributed by atoms with Crippen molar-refractivity contribution < 1.29 is 4.74 Å². The Bertz CT molecular complexity index is 499. The summed E-state index contributed by atoms with van der Waals surface area (Å²) in [5.74, 6) is 1.94. The van der Waals surface area contributed by atoms with Crippen LogP contribution in [0.1, 0.15) is 32.5 Å². The number of unbranched alkanes of at least 4 members (excludes halogenated alkanes) is 1. The molecular weight excluding hydrogens is 324 g/mol. The normalized spacial score (nSPS) is 15.9. The third kappa shape index (κ3) is 5.59. The van der Waals surface area contributed by atoms with Gasteiger partial charge in [-0.3, -0.25) is 4.99 Å². The third-order valence-electron chi connectivity index (χ3n) is 4.04. The van der Waals surface area contributed by atoms with Crippen molar-refractivity contribution in [3.05, 3.63) is 5.82 Å². The van der Waals surface area contributed by atoms with Crippen molar-refractivity contribution in [3.8, 4) is 0 Å². The van der Waals surface area contributed by atoms with E-state index in [4.69, 9.17) is 4.74 Å². The Morgan fingerprint density at radius 1 is 1.25 bits per heavy atom. The average molecular weight is 355 g/mol. The number of nitrogens with one attached hydrogen (secondary N) is 1. The number of hydrogen-bond acceptors (Lipinski definition) is 6. The summed E-state index contributed by atoms with van der Waals surface area (Å²) in [6.07, 6.45) is 3.09. The molecule has 8 heteroatoms. The summed E-state index contributed by atoms with van der Waals surface area (Å²) in [7, 11) is 1.85. The number of ether oxygens (including phenoxy) is 1. The molecule has 136 valence electrons. The maximum Gasteiger partial charge on any atom is 0.205 e. The SMILES string of the molecule is CCOCCCCNC(=NC)N1CCN(c2nc(CC)ns2)CC1. The predicted molar refractivity (Wildman–Crippen MR) is 100 cm³/mol. The van der Waals surface area contributed by atoms with E-state index in [0.717, 1.165) is 82.1 Å². The molecule has 0 spiro atoms. The van der Waals surface area contributed by atoms with Gasteiger partial charge < -0.3 is 19.9 Å². The first kappa shape index (κ1) is 18.9. The van der Waals surface area contributed by atoms with Crippen molar-refractivity contribution in [3.63, 3.8) is 0 Å². The second-order valence-electron chi connectivity index (χ2n) is 5.70. The zero-order valence-electron chi connectivity index (χ0n) is 15.1. The van der Waals surface area contributed by atoms with E-state index in [1.54, 1.807) is 0 Å². The van der Waals surface area contributed by atoms with E-state index >= 15 is 0 Å². The molecule has 7 nitrogen and oxygen atoms in total. The number of aliphatic imine (C=N–C) groups is 1. The lowest BCUT2D eigenvalue weighted by atomic mass is 10.3. The Hall–Kier alpha value is -1.41. The molecule has 24 heavy (non-hydrogen) atoms. The van der Waals surface area contributed by atoms with Crippen molar-refractivity contribution >= 4 is 22.6 Å². The molecule has 0 radical (unpaired) electrons.